The Hall–Kier alpha value is -3.83. The number of aliphatic hydroxyl groups excluding tert-OH is 1. The highest BCUT2D eigenvalue weighted by molar-refractivity contribution is 5.89. The van der Waals surface area contributed by atoms with Gasteiger partial charge >= 0.3 is 6.03 Å². The molecule has 0 aromatic heterocycles. The molecule has 0 bridgehead atoms. The molecule has 0 saturated carbocycles. The average molecular weight is 553 g/mol. The molecule has 2 aliphatic rings. The number of benzene rings is 3. The van der Waals surface area contributed by atoms with Crippen LogP contribution in [-0.4, -0.2) is 91.9 Å². The second-order valence-corrected chi connectivity index (χ2v) is 11.3. The van der Waals surface area contributed by atoms with Gasteiger partial charge in [0.15, 0.2) is 0 Å². The van der Waals surface area contributed by atoms with Crippen molar-refractivity contribution in [2.45, 2.75) is 24.4 Å². The van der Waals surface area contributed by atoms with Gasteiger partial charge in [-0.3, -0.25) is 4.90 Å². The van der Waals surface area contributed by atoms with Gasteiger partial charge in [0.1, 0.15) is 5.75 Å². The van der Waals surface area contributed by atoms with Crippen LogP contribution in [0, 0.1) is 17.8 Å². The molecule has 3 unspecified atom stereocenters. The molecule has 41 heavy (non-hydrogen) atoms. The summed E-state index contributed by atoms with van der Waals surface area (Å²) in [5.41, 5.74) is 3.86. The first-order valence-corrected chi connectivity index (χ1v) is 14.3. The highest BCUT2D eigenvalue weighted by Crippen LogP contribution is 2.42. The van der Waals surface area contributed by atoms with Crippen LogP contribution in [0.2, 0.25) is 0 Å². The molecule has 5 rings (SSSR count). The third-order valence-electron chi connectivity index (χ3n) is 8.22. The van der Waals surface area contributed by atoms with E-state index < -0.39 is 0 Å². The van der Waals surface area contributed by atoms with Crippen LogP contribution in [0.25, 0.3) is 0 Å². The van der Waals surface area contributed by atoms with Gasteiger partial charge in [0, 0.05) is 54.5 Å². The second kappa shape index (κ2) is 13.2. The standard InChI is InChI=1S/C34H40N4O3/c1-36(2)21-27-19-20-38-31(23-37(22-27)34(40)35-29-15-17-30(41-3)18-16-29)33(32(38)24-39)28-13-11-26(12-14-28)10-9-25-7-5-4-6-8-25/h4-8,11-18,27,31-33,39H,19-24H2,1-3H3,(H,35,40)/t27?,31?,32-,33?/m1/s1. The summed E-state index contributed by atoms with van der Waals surface area (Å²) >= 11 is 0. The minimum Gasteiger partial charge on any atom is -0.497 e. The summed E-state index contributed by atoms with van der Waals surface area (Å²) in [4.78, 5) is 20.2. The van der Waals surface area contributed by atoms with E-state index in [4.69, 9.17) is 4.74 Å². The summed E-state index contributed by atoms with van der Waals surface area (Å²) in [6.45, 7) is 3.20. The Morgan fingerprint density at radius 2 is 1.66 bits per heavy atom. The van der Waals surface area contributed by atoms with Crippen LogP contribution in [0.4, 0.5) is 10.5 Å². The first-order valence-electron chi connectivity index (χ1n) is 14.3. The molecule has 2 heterocycles. The molecule has 0 spiro atoms. The number of hydrogen-bond donors (Lipinski definition) is 2. The normalized spacial score (nSPS) is 22.4. The lowest BCUT2D eigenvalue weighted by molar-refractivity contribution is -0.0649. The first kappa shape index (κ1) is 28.7. The molecule has 2 amide bonds. The molecule has 3 aromatic rings. The summed E-state index contributed by atoms with van der Waals surface area (Å²) in [6.07, 6.45) is 0.970. The number of carbonyl (C=O) groups is 1. The molecule has 2 aliphatic heterocycles. The van der Waals surface area contributed by atoms with Crippen LogP contribution < -0.4 is 10.1 Å². The van der Waals surface area contributed by atoms with Crippen LogP contribution in [0.1, 0.15) is 29.0 Å². The predicted molar refractivity (Wildman–Crippen MR) is 163 cm³/mol. The minimum atomic E-state index is -0.0986. The van der Waals surface area contributed by atoms with Gasteiger partial charge in [-0.25, -0.2) is 4.79 Å². The van der Waals surface area contributed by atoms with Crippen LogP contribution in [0.15, 0.2) is 78.9 Å². The van der Waals surface area contributed by atoms with Crippen LogP contribution >= 0.6 is 0 Å². The molecule has 7 heteroatoms. The molecule has 0 aliphatic carbocycles. The highest BCUT2D eigenvalue weighted by Gasteiger charge is 2.50. The van der Waals surface area contributed by atoms with E-state index in [-0.39, 0.29) is 30.6 Å². The monoisotopic (exact) mass is 552 g/mol. The van der Waals surface area contributed by atoms with Crippen molar-refractivity contribution < 1.29 is 14.6 Å². The van der Waals surface area contributed by atoms with Gasteiger partial charge in [-0.05, 0) is 87.1 Å². The number of nitrogens with zero attached hydrogens (tertiary/aromatic N) is 3. The van der Waals surface area contributed by atoms with Crippen molar-refractivity contribution in [3.05, 3.63) is 95.6 Å². The summed E-state index contributed by atoms with van der Waals surface area (Å²) < 4.78 is 5.26. The summed E-state index contributed by atoms with van der Waals surface area (Å²) in [6, 6.07) is 25.9. The van der Waals surface area contributed by atoms with Gasteiger partial charge in [-0.2, -0.15) is 0 Å². The van der Waals surface area contributed by atoms with Gasteiger partial charge in [0.25, 0.3) is 0 Å². The molecular weight excluding hydrogens is 512 g/mol. The quantitative estimate of drug-likeness (QED) is 0.446. The van der Waals surface area contributed by atoms with Crippen molar-refractivity contribution in [2.75, 3.05) is 59.3 Å². The Morgan fingerprint density at radius 3 is 2.29 bits per heavy atom. The Balaban J connectivity index is 1.35. The number of aliphatic hydroxyl groups is 1. The number of hydrogen-bond acceptors (Lipinski definition) is 5. The molecule has 2 saturated heterocycles. The van der Waals surface area contributed by atoms with E-state index in [1.165, 1.54) is 5.56 Å². The van der Waals surface area contributed by atoms with E-state index in [1.807, 2.05) is 59.5 Å². The molecule has 2 fully saturated rings. The maximum absolute atomic E-state index is 13.6. The number of nitrogens with one attached hydrogen (secondary N) is 1. The van der Waals surface area contributed by atoms with Gasteiger partial charge in [-0.1, -0.05) is 42.2 Å². The molecular formula is C34H40N4O3. The SMILES string of the molecule is COc1ccc(NC(=O)N2CC(CN(C)C)CCN3C(C2)C(c2ccc(C#Cc4ccccc4)cc2)[C@H]3CO)cc1. The number of carbonyl (C=O) groups excluding carboxylic acids is 1. The van der Waals surface area contributed by atoms with E-state index in [0.29, 0.717) is 19.0 Å². The van der Waals surface area contributed by atoms with E-state index in [0.717, 1.165) is 42.1 Å². The van der Waals surface area contributed by atoms with Crippen LogP contribution in [-0.2, 0) is 0 Å². The Kier molecular flexibility index (Phi) is 9.25. The van der Waals surface area contributed by atoms with Crippen molar-refractivity contribution in [1.29, 1.82) is 0 Å². The van der Waals surface area contributed by atoms with Crippen molar-refractivity contribution in [3.63, 3.8) is 0 Å². The lowest BCUT2D eigenvalue weighted by Crippen LogP contribution is -2.68. The fraction of sp³-hybridized carbons (Fsp3) is 0.382. The number of anilines is 1. The van der Waals surface area contributed by atoms with Crippen molar-refractivity contribution in [1.82, 2.24) is 14.7 Å². The van der Waals surface area contributed by atoms with E-state index in [1.54, 1.807) is 7.11 Å². The molecule has 7 nitrogen and oxygen atoms in total. The van der Waals surface area contributed by atoms with Crippen LogP contribution in [0.5, 0.6) is 5.75 Å². The van der Waals surface area contributed by atoms with Gasteiger partial charge in [-0.15, -0.1) is 0 Å². The molecule has 4 atom stereocenters. The second-order valence-electron chi connectivity index (χ2n) is 11.3. The summed E-state index contributed by atoms with van der Waals surface area (Å²) in [7, 11) is 5.78. The highest BCUT2D eigenvalue weighted by atomic mass is 16.5. The van der Waals surface area contributed by atoms with E-state index >= 15 is 0 Å². The maximum atomic E-state index is 13.6. The predicted octanol–water partition coefficient (Wildman–Crippen LogP) is 4.34. The Bertz CT molecular complexity index is 1350. The number of ether oxygens (including phenoxy) is 1. The molecule has 2 N–H and O–H groups in total. The topological polar surface area (TPSA) is 68.3 Å². The van der Waals surface area contributed by atoms with Gasteiger partial charge in [0.2, 0.25) is 0 Å². The zero-order valence-corrected chi connectivity index (χ0v) is 24.2. The van der Waals surface area contributed by atoms with E-state index in [9.17, 15) is 9.90 Å². The zero-order chi connectivity index (χ0) is 28.8. The number of rotatable bonds is 6. The number of amides is 2. The Labute approximate surface area is 243 Å². The Morgan fingerprint density at radius 1 is 0.976 bits per heavy atom. The summed E-state index contributed by atoms with van der Waals surface area (Å²) in [5.74, 6) is 7.70. The fourth-order valence-electron chi connectivity index (χ4n) is 6.22. The third kappa shape index (κ3) is 6.91. The van der Waals surface area contributed by atoms with Crippen molar-refractivity contribution >= 4 is 11.7 Å². The molecule has 3 aromatic carbocycles. The lowest BCUT2D eigenvalue weighted by atomic mass is 9.74. The lowest BCUT2D eigenvalue weighted by Gasteiger charge is -2.57. The zero-order valence-electron chi connectivity index (χ0n) is 24.2. The largest absolute Gasteiger partial charge is 0.497 e. The first-order chi connectivity index (χ1) is 19.9. The maximum Gasteiger partial charge on any atom is 0.321 e. The van der Waals surface area contributed by atoms with Crippen LogP contribution in [0.3, 0.4) is 0 Å². The van der Waals surface area contributed by atoms with Gasteiger partial charge in [0.05, 0.1) is 13.7 Å². The smallest absolute Gasteiger partial charge is 0.321 e. The third-order valence-corrected chi connectivity index (χ3v) is 8.22. The molecule has 214 valence electrons. The van der Waals surface area contributed by atoms with Gasteiger partial charge < -0.3 is 25.0 Å². The average Bonchev–Trinajstić information content (AvgIpc) is 2.97. The number of urea groups is 1. The van der Waals surface area contributed by atoms with E-state index in [2.05, 4.69) is 65.3 Å². The van der Waals surface area contributed by atoms with Crippen molar-refractivity contribution in [3.8, 4) is 17.6 Å². The molecule has 0 radical (unpaired) electrons. The number of methoxy groups -OCH3 is 1. The fourth-order valence-corrected chi connectivity index (χ4v) is 6.22. The van der Waals surface area contributed by atoms with Crippen molar-refractivity contribution in [2.24, 2.45) is 5.92 Å². The minimum absolute atomic E-state index is 0.0332. The summed E-state index contributed by atoms with van der Waals surface area (Å²) in [5, 5.41) is 13.5. The number of fused-ring (bicyclic) bond motifs is 1.